The third-order valence-electron chi connectivity index (χ3n) is 5.06. The fourth-order valence-corrected chi connectivity index (χ4v) is 3.66. The summed E-state index contributed by atoms with van der Waals surface area (Å²) in [5.74, 6) is 0.115. The van der Waals surface area contributed by atoms with Crippen LogP contribution in [0.25, 0.3) is 0 Å². The minimum atomic E-state index is -0.399. The maximum absolute atomic E-state index is 12.2. The number of ether oxygens (including phenoxy) is 2. The molecule has 6 heteroatoms. The largest absolute Gasteiger partial charge is 0.496 e. The Morgan fingerprint density at radius 1 is 1.04 bits per heavy atom. The van der Waals surface area contributed by atoms with E-state index >= 15 is 0 Å². The van der Waals surface area contributed by atoms with Crippen molar-refractivity contribution in [1.29, 1.82) is 0 Å². The monoisotopic (exact) mass is 383 g/mol. The molecule has 28 heavy (non-hydrogen) atoms. The highest BCUT2D eigenvalue weighted by atomic mass is 16.5. The van der Waals surface area contributed by atoms with Crippen molar-refractivity contribution in [3.63, 3.8) is 0 Å². The molecule has 2 aromatic rings. The number of nitrogens with zero attached hydrogens (tertiary/aromatic N) is 2. The Labute approximate surface area is 167 Å². The highest BCUT2D eigenvalue weighted by Gasteiger charge is 2.21. The SMILES string of the molecule is COC(=O)c1c(NC(C)CN2CCN(c3ccccc3)CC2)cccc1OC. The highest BCUT2D eigenvalue weighted by molar-refractivity contribution is 5.98. The summed E-state index contributed by atoms with van der Waals surface area (Å²) in [4.78, 5) is 17.1. The molecule has 0 bridgehead atoms. The van der Waals surface area contributed by atoms with Gasteiger partial charge in [-0.25, -0.2) is 4.79 Å². The molecule has 1 N–H and O–H groups in total. The molecule has 1 aliphatic rings. The van der Waals surface area contributed by atoms with Crippen LogP contribution in [0, 0.1) is 0 Å². The first-order valence-electron chi connectivity index (χ1n) is 9.66. The number of esters is 1. The summed E-state index contributed by atoms with van der Waals surface area (Å²) in [5.41, 5.74) is 2.46. The Balaban J connectivity index is 1.58. The van der Waals surface area contributed by atoms with E-state index in [1.165, 1.54) is 12.8 Å². The van der Waals surface area contributed by atoms with Crippen molar-refractivity contribution in [1.82, 2.24) is 4.90 Å². The van der Waals surface area contributed by atoms with Crippen molar-refractivity contribution < 1.29 is 14.3 Å². The first-order valence-corrected chi connectivity index (χ1v) is 9.66. The summed E-state index contributed by atoms with van der Waals surface area (Å²) in [5, 5.41) is 3.45. The van der Waals surface area contributed by atoms with Gasteiger partial charge in [-0.3, -0.25) is 4.90 Å². The normalized spacial score (nSPS) is 15.8. The average Bonchev–Trinajstić information content (AvgIpc) is 2.74. The van der Waals surface area contributed by atoms with E-state index in [0.717, 1.165) is 38.4 Å². The van der Waals surface area contributed by atoms with Gasteiger partial charge in [0.1, 0.15) is 11.3 Å². The number of rotatable bonds is 7. The van der Waals surface area contributed by atoms with E-state index in [0.29, 0.717) is 11.3 Å². The molecule has 0 aliphatic carbocycles. The number of hydrogen-bond acceptors (Lipinski definition) is 6. The van der Waals surface area contributed by atoms with Gasteiger partial charge in [0.15, 0.2) is 0 Å². The Kier molecular flexibility index (Phi) is 6.76. The van der Waals surface area contributed by atoms with Crippen LogP contribution in [-0.2, 0) is 4.74 Å². The van der Waals surface area contributed by atoms with Crippen LogP contribution in [0.3, 0.4) is 0 Å². The number of benzene rings is 2. The van der Waals surface area contributed by atoms with Crippen molar-refractivity contribution >= 4 is 17.3 Å². The van der Waals surface area contributed by atoms with Crippen LogP contribution in [-0.4, -0.2) is 63.9 Å². The molecule has 0 aromatic heterocycles. The van der Waals surface area contributed by atoms with E-state index in [1.807, 2.05) is 18.2 Å². The maximum atomic E-state index is 12.2. The quantitative estimate of drug-likeness (QED) is 0.742. The van der Waals surface area contributed by atoms with Crippen LogP contribution in [0.5, 0.6) is 5.75 Å². The molecule has 6 nitrogen and oxygen atoms in total. The molecule has 2 aromatic carbocycles. The number of para-hydroxylation sites is 1. The van der Waals surface area contributed by atoms with Gasteiger partial charge >= 0.3 is 5.97 Å². The Morgan fingerprint density at radius 2 is 1.75 bits per heavy atom. The van der Waals surface area contributed by atoms with Crippen LogP contribution >= 0.6 is 0 Å². The second kappa shape index (κ2) is 9.46. The number of anilines is 2. The van der Waals surface area contributed by atoms with Crippen LogP contribution in [0.1, 0.15) is 17.3 Å². The number of methoxy groups -OCH3 is 2. The summed E-state index contributed by atoms with van der Waals surface area (Å²) >= 11 is 0. The van der Waals surface area contributed by atoms with E-state index in [9.17, 15) is 4.79 Å². The Morgan fingerprint density at radius 3 is 2.39 bits per heavy atom. The summed E-state index contributed by atoms with van der Waals surface area (Å²) in [6.45, 7) is 7.10. The average molecular weight is 383 g/mol. The molecule has 0 amide bonds. The first-order chi connectivity index (χ1) is 13.6. The molecule has 1 heterocycles. The molecule has 0 radical (unpaired) electrons. The summed E-state index contributed by atoms with van der Waals surface area (Å²) in [7, 11) is 2.94. The van der Waals surface area contributed by atoms with Gasteiger partial charge in [-0.1, -0.05) is 24.3 Å². The lowest BCUT2D eigenvalue weighted by Gasteiger charge is -2.37. The summed E-state index contributed by atoms with van der Waals surface area (Å²) in [6, 6.07) is 16.3. The Bertz CT molecular complexity index is 774. The van der Waals surface area contributed by atoms with E-state index < -0.39 is 5.97 Å². The lowest BCUT2D eigenvalue weighted by molar-refractivity contribution is 0.0598. The number of nitrogens with one attached hydrogen (secondary N) is 1. The molecule has 150 valence electrons. The lowest BCUT2D eigenvalue weighted by Crippen LogP contribution is -2.49. The van der Waals surface area contributed by atoms with Crippen molar-refractivity contribution in [3.05, 3.63) is 54.1 Å². The van der Waals surface area contributed by atoms with Gasteiger partial charge in [-0.15, -0.1) is 0 Å². The van der Waals surface area contributed by atoms with Crippen molar-refractivity contribution in [2.75, 3.05) is 57.2 Å². The van der Waals surface area contributed by atoms with Crippen molar-refractivity contribution in [2.45, 2.75) is 13.0 Å². The number of hydrogen-bond donors (Lipinski definition) is 1. The predicted octanol–water partition coefficient (Wildman–Crippen LogP) is 3.10. The van der Waals surface area contributed by atoms with Crippen LogP contribution in [0.2, 0.25) is 0 Å². The third kappa shape index (κ3) is 4.75. The molecule has 1 atom stereocenters. The second-order valence-electron chi connectivity index (χ2n) is 7.04. The molecule has 3 rings (SSSR count). The smallest absolute Gasteiger partial charge is 0.343 e. The molecule has 1 aliphatic heterocycles. The molecule has 0 spiro atoms. The first kappa shape index (κ1) is 20.0. The lowest BCUT2D eigenvalue weighted by atomic mass is 10.1. The molecular formula is C22H29N3O3. The van der Waals surface area contributed by atoms with E-state index in [1.54, 1.807) is 13.2 Å². The predicted molar refractivity (Wildman–Crippen MR) is 113 cm³/mol. The zero-order valence-electron chi connectivity index (χ0n) is 16.9. The van der Waals surface area contributed by atoms with E-state index in [4.69, 9.17) is 9.47 Å². The van der Waals surface area contributed by atoms with Gasteiger partial charge in [0, 0.05) is 44.5 Å². The van der Waals surface area contributed by atoms with Gasteiger partial charge in [0.05, 0.1) is 19.9 Å². The van der Waals surface area contributed by atoms with Gasteiger partial charge in [0.2, 0.25) is 0 Å². The fraction of sp³-hybridized carbons (Fsp3) is 0.409. The number of carbonyl (C=O) groups excluding carboxylic acids is 1. The summed E-state index contributed by atoms with van der Waals surface area (Å²) < 4.78 is 10.3. The zero-order valence-corrected chi connectivity index (χ0v) is 16.9. The Hall–Kier alpha value is -2.73. The minimum absolute atomic E-state index is 0.179. The molecule has 1 unspecified atom stereocenters. The number of piperazine rings is 1. The zero-order chi connectivity index (χ0) is 19.9. The molecule has 1 fully saturated rings. The van der Waals surface area contributed by atoms with Gasteiger partial charge in [0.25, 0.3) is 0 Å². The highest BCUT2D eigenvalue weighted by Crippen LogP contribution is 2.28. The minimum Gasteiger partial charge on any atom is -0.496 e. The molecular weight excluding hydrogens is 354 g/mol. The standard InChI is InChI=1S/C22H29N3O3/c1-17(23-19-10-7-11-20(27-2)21(19)22(26)28-3)16-24-12-14-25(15-13-24)18-8-5-4-6-9-18/h4-11,17,23H,12-16H2,1-3H3. The van der Waals surface area contributed by atoms with Gasteiger partial charge < -0.3 is 19.7 Å². The second-order valence-corrected chi connectivity index (χ2v) is 7.04. The van der Waals surface area contributed by atoms with Gasteiger partial charge in [-0.05, 0) is 31.2 Å². The van der Waals surface area contributed by atoms with Crippen LogP contribution in [0.15, 0.2) is 48.5 Å². The maximum Gasteiger partial charge on any atom is 0.343 e. The van der Waals surface area contributed by atoms with E-state index in [2.05, 4.69) is 46.3 Å². The van der Waals surface area contributed by atoms with Crippen molar-refractivity contribution in [2.24, 2.45) is 0 Å². The van der Waals surface area contributed by atoms with E-state index in [-0.39, 0.29) is 6.04 Å². The summed E-state index contributed by atoms with van der Waals surface area (Å²) in [6.07, 6.45) is 0. The molecule has 1 saturated heterocycles. The van der Waals surface area contributed by atoms with Gasteiger partial charge in [-0.2, -0.15) is 0 Å². The topological polar surface area (TPSA) is 54.0 Å². The third-order valence-corrected chi connectivity index (χ3v) is 5.06. The van der Waals surface area contributed by atoms with Crippen LogP contribution < -0.4 is 15.0 Å². The number of carbonyl (C=O) groups is 1. The molecule has 0 saturated carbocycles. The van der Waals surface area contributed by atoms with Crippen LogP contribution in [0.4, 0.5) is 11.4 Å². The fourth-order valence-electron chi connectivity index (χ4n) is 3.66. The van der Waals surface area contributed by atoms with Crippen molar-refractivity contribution in [3.8, 4) is 5.75 Å².